The van der Waals surface area contributed by atoms with Gasteiger partial charge in [0.25, 0.3) is 0 Å². The molecule has 3 heteroatoms. The van der Waals surface area contributed by atoms with Gasteiger partial charge < -0.3 is 5.32 Å². The van der Waals surface area contributed by atoms with Gasteiger partial charge in [0, 0.05) is 30.8 Å². The second-order valence-corrected chi connectivity index (χ2v) is 4.73. The van der Waals surface area contributed by atoms with Gasteiger partial charge in [-0.3, -0.25) is 4.90 Å². The molecule has 0 bridgehead atoms. The van der Waals surface area contributed by atoms with E-state index in [0.29, 0.717) is 6.04 Å². The van der Waals surface area contributed by atoms with Crippen LogP contribution in [0.3, 0.4) is 0 Å². The highest BCUT2D eigenvalue weighted by Crippen LogP contribution is 2.11. The summed E-state index contributed by atoms with van der Waals surface area (Å²) in [7, 11) is 0. The molecule has 0 aliphatic carbocycles. The number of nitrogens with zero attached hydrogens (tertiary/aromatic N) is 1. The molecule has 13 heavy (non-hydrogen) atoms. The lowest BCUT2D eigenvalue weighted by molar-refractivity contribution is 0.287. The Labute approximate surface area is 85.8 Å². The van der Waals surface area contributed by atoms with Crippen LogP contribution in [0.1, 0.15) is 13.8 Å². The van der Waals surface area contributed by atoms with Crippen molar-refractivity contribution in [2.45, 2.75) is 19.9 Å². The molecule has 1 heterocycles. The van der Waals surface area contributed by atoms with Crippen LogP contribution < -0.4 is 5.32 Å². The van der Waals surface area contributed by atoms with Crippen molar-refractivity contribution in [1.29, 1.82) is 0 Å². The molecule has 0 aromatic heterocycles. The quantitative estimate of drug-likeness (QED) is 0.678. The molecule has 0 saturated carbocycles. The molecule has 1 aliphatic heterocycles. The molecule has 0 amide bonds. The number of nitrogens with one attached hydrogen (secondary N) is 1. The highest BCUT2D eigenvalue weighted by molar-refractivity contribution is 7.99. The summed E-state index contributed by atoms with van der Waals surface area (Å²) >= 11 is 1.99. The molecule has 1 fully saturated rings. The first-order valence-electron chi connectivity index (χ1n) is 4.90. The van der Waals surface area contributed by atoms with Gasteiger partial charge in [-0.1, -0.05) is 19.1 Å². The molecule has 0 spiro atoms. The van der Waals surface area contributed by atoms with Crippen LogP contribution in [0.4, 0.5) is 0 Å². The minimum absolute atomic E-state index is 0.685. The summed E-state index contributed by atoms with van der Waals surface area (Å²) in [6.07, 6.45) is 0. The standard InChI is InChI=1S/C10H20N2S/c1-4-12(5-9(2)3)6-10-7-13-8-11-10/h10-11H,2,4-8H2,1,3H3. The summed E-state index contributed by atoms with van der Waals surface area (Å²) in [5.74, 6) is 2.38. The van der Waals surface area contributed by atoms with Gasteiger partial charge in [-0.25, -0.2) is 0 Å². The van der Waals surface area contributed by atoms with E-state index < -0.39 is 0 Å². The number of likely N-dealkylation sites (N-methyl/N-ethyl adjacent to an activating group) is 1. The average molecular weight is 200 g/mol. The van der Waals surface area contributed by atoms with Gasteiger partial charge in [0.2, 0.25) is 0 Å². The van der Waals surface area contributed by atoms with Crippen molar-refractivity contribution in [3.8, 4) is 0 Å². The summed E-state index contributed by atoms with van der Waals surface area (Å²) < 4.78 is 0. The Morgan fingerprint density at radius 3 is 2.92 bits per heavy atom. The van der Waals surface area contributed by atoms with Crippen LogP contribution in [-0.2, 0) is 0 Å². The second-order valence-electron chi connectivity index (χ2n) is 3.70. The highest BCUT2D eigenvalue weighted by Gasteiger charge is 2.16. The van der Waals surface area contributed by atoms with E-state index in [1.165, 1.54) is 11.3 Å². The molecule has 1 aliphatic rings. The van der Waals surface area contributed by atoms with Crippen LogP contribution in [0.25, 0.3) is 0 Å². The predicted molar refractivity (Wildman–Crippen MR) is 61.2 cm³/mol. The Kier molecular flexibility index (Phi) is 4.84. The Bertz CT molecular complexity index is 164. The van der Waals surface area contributed by atoms with Gasteiger partial charge in [0.15, 0.2) is 0 Å². The first-order valence-corrected chi connectivity index (χ1v) is 6.05. The SMILES string of the molecule is C=C(C)CN(CC)CC1CSCN1. The molecule has 2 nitrogen and oxygen atoms in total. The van der Waals surface area contributed by atoms with Crippen molar-refractivity contribution < 1.29 is 0 Å². The van der Waals surface area contributed by atoms with Crippen LogP contribution in [-0.4, -0.2) is 42.2 Å². The van der Waals surface area contributed by atoms with Crippen molar-refractivity contribution in [3.05, 3.63) is 12.2 Å². The van der Waals surface area contributed by atoms with Crippen LogP contribution in [0.2, 0.25) is 0 Å². The van der Waals surface area contributed by atoms with Gasteiger partial charge in [0.1, 0.15) is 0 Å². The molecular formula is C10H20N2S. The molecule has 1 unspecified atom stereocenters. The Balaban J connectivity index is 2.25. The largest absolute Gasteiger partial charge is 0.303 e. The van der Waals surface area contributed by atoms with E-state index in [9.17, 15) is 0 Å². The molecule has 1 saturated heterocycles. The van der Waals surface area contributed by atoms with Crippen molar-refractivity contribution in [2.75, 3.05) is 31.3 Å². The van der Waals surface area contributed by atoms with Crippen molar-refractivity contribution in [2.24, 2.45) is 0 Å². The van der Waals surface area contributed by atoms with Gasteiger partial charge in [0.05, 0.1) is 0 Å². The number of hydrogen-bond acceptors (Lipinski definition) is 3. The maximum absolute atomic E-state index is 3.95. The summed E-state index contributed by atoms with van der Waals surface area (Å²) in [5, 5.41) is 3.49. The third kappa shape index (κ3) is 4.16. The molecule has 0 aromatic rings. The number of thioether (sulfide) groups is 1. The maximum atomic E-state index is 3.95. The average Bonchev–Trinajstić information content (AvgIpc) is 2.55. The van der Waals surface area contributed by atoms with Crippen LogP contribution in [0.5, 0.6) is 0 Å². The zero-order chi connectivity index (χ0) is 9.68. The minimum atomic E-state index is 0.685. The van der Waals surface area contributed by atoms with E-state index in [-0.39, 0.29) is 0 Å². The smallest absolute Gasteiger partial charge is 0.0421 e. The van der Waals surface area contributed by atoms with E-state index in [4.69, 9.17) is 0 Å². The number of rotatable bonds is 5. The summed E-state index contributed by atoms with van der Waals surface area (Å²) in [6, 6.07) is 0.685. The fourth-order valence-corrected chi connectivity index (χ4v) is 2.53. The normalized spacial score (nSPS) is 22.5. The fourth-order valence-electron chi connectivity index (χ4n) is 1.55. The molecule has 1 N–H and O–H groups in total. The topological polar surface area (TPSA) is 15.3 Å². The first-order chi connectivity index (χ1) is 6.22. The Hall–Kier alpha value is 0.01000. The fraction of sp³-hybridized carbons (Fsp3) is 0.800. The molecule has 0 radical (unpaired) electrons. The van der Waals surface area contributed by atoms with Crippen molar-refractivity contribution in [3.63, 3.8) is 0 Å². The number of hydrogen-bond donors (Lipinski definition) is 1. The second kappa shape index (κ2) is 5.68. The van der Waals surface area contributed by atoms with E-state index in [1.54, 1.807) is 0 Å². The molecule has 1 rings (SSSR count). The van der Waals surface area contributed by atoms with Crippen LogP contribution in [0, 0.1) is 0 Å². The zero-order valence-corrected chi connectivity index (χ0v) is 9.49. The van der Waals surface area contributed by atoms with Crippen molar-refractivity contribution in [1.82, 2.24) is 10.2 Å². The van der Waals surface area contributed by atoms with Gasteiger partial charge in [-0.15, -0.1) is 11.8 Å². The zero-order valence-electron chi connectivity index (χ0n) is 8.68. The predicted octanol–water partition coefficient (Wildman–Crippen LogP) is 1.55. The van der Waals surface area contributed by atoms with Gasteiger partial charge >= 0.3 is 0 Å². The van der Waals surface area contributed by atoms with Crippen LogP contribution >= 0.6 is 11.8 Å². The monoisotopic (exact) mass is 200 g/mol. The highest BCUT2D eigenvalue weighted by atomic mass is 32.2. The van der Waals surface area contributed by atoms with Crippen LogP contribution in [0.15, 0.2) is 12.2 Å². The molecule has 0 aromatic carbocycles. The first kappa shape index (κ1) is 11.1. The lowest BCUT2D eigenvalue weighted by Crippen LogP contribution is -2.39. The molecule has 76 valence electrons. The molecular weight excluding hydrogens is 180 g/mol. The lowest BCUT2D eigenvalue weighted by atomic mass is 10.2. The third-order valence-corrected chi connectivity index (χ3v) is 3.22. The minimum Gasteiger partial charge on any atom is -0.303 e. The third-order valence-electron chi connectivity index (χ3n) is 2.21. The van der Waals surface area contributed by atoms with E-state index >= 15 is 0 Å². The van der Waals surface area contributed by atoms with E-state index in [1.807, 2.05) is 11.8 Å². The Morgan fingerprint density at radius 2 is 2.46 bits per heavy atom. The van der Waals surface area contributed by atoms with Gasteiger partial charge in [-0.2, -0.15) is 0 Å². The summed E-state index contributed by atoms with van der Waals surface area (Å²) in [5.41, 5.74) is 1.26. The lowest BCUT2D eigenvalue weighted by Gasteiger charge is -2.23. The summed E-state index contributed by atoms with van der Waals surface area (Å²) in [4.78, 5) is 2.45. The van der Waals surface area contributed by atoms with Gasteiger partial charge in [-0.05, 0) is 13.5 Å². The maximum Gasteiger partial charge on any atom is 0.0421 e. The van der Waals surface area contributed by atoms with E-state index in [2.05, 4.69) is 30.6 Å². The van der Waals surface area contributed by atoms with Crippen molar-refractivity contribution >= 4 is 11.8 Å². The molecule has 1 atom stereocenters. The summed E-state index contributed by atoms with van der Waals surface area (Å²) in [6.45, 7) is 11.6. The van der Waals surface area contributed by atoms with E-state index in [0.717, 1.165) is 25.5 Å². The Morgan fingerprint density at radius 1 is 1.69 bits per heavy atom.